The predicted molar refractivity (Wildman–Crippen MR) is 101 cm³/mol. The molecule has 0 aromatic heterocycles. The minimum atomic E-state index is 0.177. The van der Waals surface area contributed by atoms with Gasteiger partial charge in [0, 0.05) is 32.1 Å². The van der Waals surface area contributed by atoms with Gasteiger partial charge in [0.15, 0.2) is 0 Å². The van der Waals surface area contributed by atoms with Crippen LogP contribution < -0.4 is 5.32 Å². The molecule has 1 aliphatic carbocycles. The van der Waals surface area contributed by atoms with Gasteiger partial charge in [-0.05, 0) is 30.7 Å². The fraction of sp³-hybridized carbons (Fsp3) is 0.667. The Bertz CT molecular complexity index is 508. The maximum atomic E-state index is 12.6. The molecule has 1 aliphatic heterocycles. The van der Waals surface area contributed by atoms with Crippen molar-refractivity contribution in [2.24, 2.45) is 5.92 Å². The van der Waals surface area contributed by atoms with Gasteiger partial charge in [0.1, 0.15) is 0 Å². The van der Waals surface area contributed by atoms with Crippen molar-refractivity contribution in [1.29, 1.82) is 0 Å². The number of amides is 1. The molecule has 4 nitrogen and oxygen atoms in total. The molecule has 4 heteroatoms. The minimum Gasteiger partial charge on any atom is -0.379 e. The summed E-state index contributed by atoms with van der Waals surface area (Å²) >= 11 is 0. The molecular weight excluding hydrogens is 312 g/mol. The Morgan fingerprint density at radius 2 is 1.84 bits per heavy atom. The van der Waals surface area contributed by atoms with E-state index in [9.17, 15) is 4.79 Å². The van der Waals surface area contributed by atoms with Crippen LogP contribution >= 0.6 is 0 Å². The molecule has 3 rings (SSSR count). The van der Waals surface area contributed by atoms with Crippen molar-refractivity contribution in [1.82, 2.24) is 10.2 Å². The van der Waals surface area contributed by atoms with Crippen LogP contribution in [0, 0.1) is 5.92 Å². The van der Waals surface area contributed by atoms with Crippen molar-refractivity contribution in [3.63, 3.8) is 0 Å². The molecule has 0 bridgehead atoms. The van der Waals surface area contributed by atoms with E-state index in [1.165, 1.54) is 37.7 Å². The fourth-order valence-electron chi connectivity index (χ4n) is 4.10. The molecule has 2 fully saturated rings. The molecule has 0 radical (unpaired) electrons. The van der Waals surface area contributed by atoms with Crippen LogP contribution in [0.2, 0.25) is 0 Å². The maximum Gasteiger partial charge on any atom is 0.220 e. The molecule has 1 aromatic rings. The first-order valence-electron chi connectivity index (χ1n) is 9.93. The Hall–Kier alpha value is -1.39. The van der Waals surface area contributed by atoms with Crippen molar-refractivity contribution < 1.29 is 9.53 Å². The van der Waals surface area contributed by atoms with E-state index in [0.29, 0.717) is 12.3 Å². The standard InChI is InChI=1S/C21H32N2O2/c24-21(16-19-9-5-2-6-10-19)22-20(15-18-7-3-1-4-8-18)17-23-11-13-25-14-12-23/h1,3-4,7-8,19-20H,2,5-6,9-17H2,(H,22,24). The molecule has 0 spiro atoms. The van der Waals surface area contributed by atoms with Gasteiger partial charge in [0.2, 0.25) is 5.91 Å². The average molecular weight is 344 g/mol. The predicted octanol–water partition coefficient (Wildman–Crippen LogP) is 3.02. The number of rotatable bonds is 7. The number of carbonyl (C=O) groups excluding carboxylic acids is 1. The van der Waals surface area contributed by atoms with Gasteiger partial charge in [-0.15, -0.1) is 0 Å². The lowest BCUT2D eigenvalue weighted by atomic mass is 9.87. The highest BCUT2D eigenvalue weighted by Crippen LogP contribution is 2.26. The molecule has 1 saturated carbocycles. The Balaban J connectivity index is 1.55. The van der Waals surface area contributed by atoms with Crippen molar-refractivity contribution in [2.75, 3.05) is 32.8 Å². The Morgan fingerprint density at radius 1 is 1.12 bits per heavy atom. The normalized spacial score (nSPS) is 21.0. The van der Waals surface area contributed by atoms with E-state index in [4.69, 9.17) is 4.74 Å². The van der Waals surface area contributed by atoms with Gasteiger partial charge in [-0.1, -0.05) is 49.6 Å². The van der Waals surface area contributed by atoms with Crippen LogP contribution in [0.25, 0.3) is 0 Å². The fourth-order valence-corrected chi connectivity index (χ4v) is 4.10. The van der Waals surface area contributed by atoms with E-state index in [0.717, 1.165) is 39.3 Å². The summed E-state index contributed by atoms with van der Waals surface area (Å²) in [5.41, 5.74) is 1.29. The topological polar surface area (TPSA) is 41.6 Å². The smallest absolute Gasteiger partial charge is 0.220 e. The summed E-state index contributed by atoms with van der Waals surface area (Å²) in [6.07, 6.45) is 7.97. The Morgan fingerprint density at radius 3 is 2.56 bits per heavy atom. The van der Waals surface area contributed by atoms with Crippen LogP contribution in [0.3, 0.4) is 0 Å². The molecule has 1 unspecified atom stereocenters. The quantitative estimate of drug-likeness (QED) is 0.827. The van der Waals surface area contributed by atoms with Gasteiger partial charge in [0.05, 0.1) is 13.2 Å². The molecule has 1 heterocycles. The highest BCUT2D eigenvalue weighted by Gasteiger charge is 2.22. The van der Waals surface area contributed by atoms with Gasteiger partial charge in [-0.25, -0.2) is 0 Å². The van der Waals surface area contributed by atoms with Crippen LogP contribution in [0.1, 0.15) is 44.1 Å². The van der Waals surface area contributed by atoms with Gasteiger partial charge < -0.3 is 10.1 Å². The van der Waals surface area contributed by atoms with Crippen LogP contribution in [0.15, 0.2) is 30.3 Å². The number of hydrogen-bond donors (Lipinski definition) is 1. The largest absolute Gasteiger partial charge is 0.379 e. The third-order valence-corrected chi connectivity index (χ3v) is 5.47. The Labute approximate surface area is 151 Å². The number of nitrogens with zero attached hydrogens (tertiary/aromatic N) is 1. The minimum absolute atomic E-state index is 0.177. The second-order valence-electron chi connectivity index (χ2n) is 7.58. The van der Waals surface area contributed by atoms with Crippen molar-refractivity contribution in [2.45, 2.75) is 51.0 Å². The first kappa shape index (κ1) is 18.4. The number of benzene rings is 1. The summed E-state index contributed by atoms with van der Waals surface area (Å²) < 4.78 is 5.45. The summed E-state index contributed by atoms with van der Waals surface area (Å²) in [6.45, 7) is 4.43. The zero-order chi connectivity index (χ0) is 17.3. The molecule has 25 heavy (non-hydrogen) atoms. The summed E-state index contributed by atoms with van der Waals surface area (Å²) in [5.74, 6) is 0.829. The van der Waals surface area contributed by atoms with Crippen LogP contribution in [0.4, 0.5) is 0 Å². The average Bonchev–Trinajstić information content (AvgIpc) is 2.64. The molecule has 1 atom stereocenters. The maximum absolute atomic E-state index is 12.6. The SMILES string of the molecule is O=C(CC1CCCCC1)NC(Cc1ccccc1)CN1CCOCC1. The van der Waals surface area contributed by atoms with Crippen LogP contribution in [0.5, 0.6) is 0 Å². The zero-order valence-corrected chi connectivity index (χ0v) is 15.3. The van der Waals surface area contributed by atoms with Gasteiger partial charge in [0.25, 0.3) is 0 Å². The summed E-state index contributed by atoms with van der Waals surface area (Å²) in [6, 6.07) is 10.7. The van der Waals surface area contributed by atoms with Gasteiger partial charge in [-0.3, -0.25) is 9.69 Å². The zero-order valence-electron chi connectivity index (χ0n) is 15.3. The van der Waals surface area contributed by atoms with Crippen LogP contribution in [-0.2, 0) is 16.0 Å². The first-order valence-corrected chi connectivity index (χ1v) is 9.93. The Kier molecular flexibility index (Phi) is 7.31. The molecular formula is C21H32N2O2. The molecule has 1 aromatic carbocycles. The number of ether oxygens (including phenoxy) is 1. The van der Waals surface area contributed by atoms with Crippen molar-refractivity contribution >= 4 is 5.91 Å². The monoisotopic (exact) mass is 344 g/mol. The van der Waals surface area contributed by atoms with Gasteiger partial charge in [-0.2, -0.15) is 0 Å². The van der Waals surface area contributed by atoms with E-state index in [-0.39, 0.29) is 11.9 Å². The lowest BCUT2D eigenvalue weighted by Crippen LogP contribution is -2.48. The first-order chi connectivity index (χ1) is 12.3. The third kappa shape index (κ3) is 6.44. The van der Waals surface area contributed by atoms with E-state index >= 15 is 0 Å². The summed E-state index contributed by atoms with van der Waals surface area (Å²) in [5, 5.41) is 3.34. The molecule has 138 valence electrons. The van der Waals surface area contributed by atoms with E-state index < -0.39 is 0 Å². The molecule has 1 N–H and O–H groups in total. The second-order valence-corrected chi connectivity index (χ2v) is 7.58. The van der Waals surface area contributed by atoms with Crippen LogP contribution in [-0.4, -0.2) is 49.7 Å². The number of morpholine rings is 1. The second kappa shape index (κ2) is 9.93. The van der Waals surface area contributed by atoms with Crippen molar-refractivity contribution in [3.05, 3.63) is 35.9 Å². The highest BCUT2D eigenvalue weighted by molar-refractivity contribution is 5.76. The number of carbonyl (C=O) groups is 1. The molecule has 2 aliphatic rings. The lowest BCUT2D eigenvalue weighted by Gasteiger charge is -2.31. The summed E-state index contributed by atoms with van der Waals surface area (Å²) in [7, 11) is 0. The number of hydrogen-bond acceptors (Lipinski definition) is 3. The van der Waals surface area contributed by atoms with E-state index in [2.05, 4.69) is 34.5 Å². The molecule has 1 amide bonds. The van der Waals surface area contributed by atoms with E-state index in [1.54, 1.807) is 0 Å². The van der Waals surface area contributed by atoms with E-state index in [1.807, 2.05) is 6.07 Å². The third-order valence-electron chi connectivity index (χ3n) is 5.47. The number of nitrogens with one attached hydrogen (secondary N) is 1. The van der Waals surface area contributed by atoms with Gasteiger partial charge >= 0.3 is 0 Å². The highest BCUT2D eigenvalue weighted by atomic mass is 16.5. The molecule has 1 saturated heterocycles. The lowest BCUT2D eigenvalue weighted by molar-refractivity contribution is -0.123. The van der Waals surface area contributed by atoms with Crippen molar-refractivity contribution in [3.8, 4) is 0 Å². The summed E-state index contributed by atoms with van der Waals surface area (Å²) in [4.78, 5) is 15.0.